The summed E-state index contributed by atoms with van der Waals surface area (Å²) in [6.07, 6.45) is 0.699. The molecule has 1 aliphatic heterocycles. The Bertz CT molecular complexity index is 1010. The molecule has 3 aromatic rings. The normalized spacial score (nSPS) is 17.4. The zero-order valence-corrected chi connectivity index (χ0v) is 16.7. The first-order chi connectivity index (χ1) is 14.9. The van der Waals surface area contributed by atoms with E-state index in [1.54, 1.807) is 17.3 Å². The maximum Gasteiger partial charge on any atom is 0.416 e. The van der Waals surface area contributed by atoms with Gasteiger partial charge in [0.1, 0.15) is 6.04 Å². The largest absolute Gasteiger partial charge is 0.416 e. The molecule has 2 unspecified atom stereocenters. The molecule has 1 saturated heterocycles. The molecule has 1 N–H and O–H groups in total. The number of carbonyl (C=O) groups excluding carboxylic acids is 1. The van der Waals surface area contributed by atoms with E-state index in [0.717, 1.165) is 36.2 Å². The number of benzene rings is 2. The highest BCUT2D eigenvalue weighted by molar-refractivity contribution is 5.86. The molecule has 4 nitrogen and oxygen atoms in total. The SMILES string of the molecule is O=C(C(Nc1ccccc1)c1ccc(C(F)(F)F)cc1)N1CCCC1c1cccnc1. The lowest BCUT2D eigenvalue weighted by Gasteiger charge is -2.30. The number of nitrogens with one attached hydrogen (secondary N) is 1. The molecule has 4 rings (SSSR count). The Kier molecular flexibility index (Phi) is 5.93. The van der Waals surface area contributed by atoms with Crippen molar-refractivity contribution in [1.29, 1.82) is 0 Å². The number of hydrogen-bond donors (Lipinski definition) is 1. The van der Waals surface area contributed by atoms with E-state index in [2.05, 4.69) is 10.3 Å². The minimum Gasteiger partial charge on any atom is -0.370 e. The summed E-state index contributed by atoms with van der Waals surface area (Å²) in [4.78, 5) is 19.6. The Balaban J connectivity index is 1.66. The molecule has 0 aliphatic carbocycles. The van der Waals surface area contributed by atoms with Gasteiger partial charge in [-0.05, 0) is 54.3 Å². The van der Waals surface area contributed by atoms with E-state index in [1.807, 2.05) is 42.5 Å². The molecule has 2 heterocycles. The molecular weight excluding hydrogens is 403 g/mol. The van der Waals surface area contributed by atoms with Crippen LogP contribution in [0, 0.1) is 0 Å². The van der Waals surface area contributed by atoms with Crippen LogP contribution in [0.4, 0.5) is 18.9 Å². The molecule has 7 heteroatoms. The van der Waals surface area contributed by atoms with Crippen molar-refractivity contribution in [3.8, 4) is 0 Å². The Hall–Kier alpha value is -3.35. The van der Waals surface area contributed by atoms with Crippen molar-refractivity contribution < 1.29 is 18.0 Å². The molecule has 160 valence electrons. The zero-order valence-electron chi connectivity index (χ0n) is 16.7. The van der Waals surface area contributed by atoms with E-state index in [1.165, 1.54) is 12.1 Å². The summed E-state index contributed by atoms with van der Waals surface area (Å²) < 4.78 is 39.0. The number of nitrogens with zero attached hydrogens (tertiary/aromatic N) is 2. The summed E-state index contributed by atoms with van der Waals surface area (Å²) >= 11 is 0. The predicted molar refractivity (Wildman–Crippen MR) is 112 cm³/mol. The van der Waals surface area contributed by atoms with Gasteiger partial charge in [0.25, 0.3) is 0 Å². The third kappa shape index (κ3) is 4.71. The van der Waals surface area contributed by atoms with E-state index < -0.39 is 17.8 Å². The molecule has 0 saturated carbocycles. The number of anilines is 1. The number of hydrogen-bond acceptors (Lipinski definition) is 3. The van der Waals surface area contributed by atoms with Crippen LogP contribution >= 0.6 is 0 Å². The molecular formula is C24H22F3N3O. The summed E-state index contributed by atoms with van der Waals surface area (Å²) in [6, 6.07) is 16.8. The zero-order chi connectivity index (χ0) is 21.8. The average molecular weight is 425 g/mol. The monoisotopic (exact) mass is 425 g/mol. The number of alkyl halides is 3. The van der Waals surface area contributed by atoms with E-state index in [4.69, 9.17) is 0 Å². The van der Waals surface area contributed by atoms with Crippen molar-refractivity contribution in [3.63, 3.8) is 0 Å². The van der Waals surface area contributed by atoms with Crippen LogP contribution in [0.15, 0.2) is 79.1 Å². The molecule has 0 bridgehead atoms. The van der Waals surface area contributed by atoms with Crippen LogP contribution in [-0.4, -0.2) is 22.3 Å². The number of aromatic nitrogens is 1. The Morgan fingerprint density at radius 3 is 2.42 bits per heavy atom. The highest BCUT2D eigenvalue weighted by Gasteiger charge is 2.36. The molecule has 0 radical (unpaired) electrons. The van der Waals surface area contributed by atoms with Crippen molar-refractivity contribution in [1.82, 2.24) is 9.88 Å². The van der Waals surface area contributed by atoms with Gasteiger partial charge in [-0.1, -0.05) is 36.4 Å². The second-order valence-corrected chi connectivity index (χ2v) is 7.54. The maximum absolute atomic E-state index is 13.6. The lowest BCUT2D eigenvalue weighted by atomic mass is 10.0. The third-order valence-electron chi connectivity index (χ3n) is 5.51. The minimum absolute atomic E-state index is 0.101. The van der Waals surface area contributed by atoms with Gasteiger partial charge in [-0.25, -0.2) is 0 Å². The first-order valence-electron chi connectivity index (χ1n) is 10.1. The molecule has 1 amide bonds. The second kappa shape index (κ2) is 8.79. The van der Waals surface area contributed by atoms with Crippen LogP contribution in [0.25, 0.3) is 0 Å². The van der Waals surface area contributed by atoms with Crippen LogP contribution in [0.5, 0.6) is 0 Å². The van der Waals surface area contributed by atoms with E-state index in [-0.39, 0.29) is 11.9 Å². The lowest BCUT2D eigenvalue weighted by molar-refractivity contribution is -0.137. The fraction of sp³-hybridized carbons (Fsp3) is 0.250. The summed E-state index contributed by atoms with van der Waals surface area (Å²) in [7, 11) is 0. The van der Waals surface area contributed by atoms with Gasteiger partial charge in [-0.15, -0.1) is 0 Å². The fourth-order valence-electron chi connectivity index (χ4n) is 3.97. The quantitative estimate of drug-likeness (QED) is 0.577. The maximum atomic E-state index is 13.6. The first-order valence-corrected chi connectivity index (χ1v) is 10.1. The van der Waals surface area contributed by atoms with Crippen LogP contribution in [-0.2, 0) is 11.0 Å². The third-order valence-corrected chi connectivity index (χ3v) is 5.51. The number of amides is 1. The number of pyridine rings is 1. The Morgan fingerprint density at radius 1 is 1.03 bits per heavy atom. The van der Waals surface area contributed by atoms with Gasteiger partial charge in [0.15, 0.2) is 0 Å². The average Bonchev–Trinajstić information content (AvgIpc) is 3.28. The molecule has 1 aliphatic rings. The van der Waals surface area contributed by atoms with Crippen molar-refractivity contribution in [2.24, 2.45) is 0 Å². The number of carbonyl (C=O) groups is 1. The number of halogens is 3. The highest BCUT2D eigenvalue weighted by atomic mass is 19.4. The summed E-state index contributed by atoms with van der Waals surface area (Å²) in [5, 5.41) is 3.21. The Morgan fingerprint density at radius 2 is 1.77 bits per heavy atom. The molecule has 31 heavy (non-hydrogen) atoms. The van der Waals surface area contributed by atoms with Gasteiger partial charge in [0.05, 0.1) is 11.6 Å². The van der Waals surface area contributed by atoms with Gasteiger partial charge in [0, 0.05) is 24.6 Å². The highest BCUT2D eigenvalue weighted by Crippen LogP contribution is 2.36. The predicted octanol–water partition coefficient (Wildman–Crippen LogP) is 5.62. The first kappa shape index (κ1) is 20.9. The molecule has 2 atom stereocenters. The van der Waals surface area contributed by atoms with Crippen molar-refractivity contribution >= 4 is 11.6 Å². The summed E-state index contributed by atoms with van der Waals surface area (Å²) in [5.74, 6) is -0.171. The van der Waals surface area contributed by atoms with Crippen molar-refractivity contribution in [2.45, 2.75) is 31.1 Å². The Labute approximate surface area is 178 Å². The van der Waals surface area contributed by atoms with Gasteiger partial charge < -0.3 is 10.2 Å². The molecule has 0 spiro atoms. The van der Waals surface area contributed by atoms with Gasteiger partial charge in [-0.3, -0.25) is 9.78 Å². The standard InChI is InChI=1S/C24H22F3N3O/c25-24(26,27)19-12-10-17(11-13-19)22(29-20-7-2-1-3-8-20)23(31)30-15-5-9-21(30)18-6-4-14-28-16-18/h1-4,6-8,10-14,16,21-22,29H,5,9,15H2. The molecule has 1 fully saturated rings. The van der Waals surface area contributed by atoms with Gasteiger partial charge >= 0.3 is 6.18 Å². The number of para-hydroxylation sites is 1. The second-order valence-electron chi connectivity index (χ2n) is 7.54. The summed E-state index contributed by atoms with van der Waals surface area (Å²) in [5.41, 5.74) is 1.42. The van der Waals surface area contributed by atoms with E-state index in [0.29, 0.717) is 12.1 Å². The number of rotatable bonds is 5. The molecule has 1 aromatic heterocycles. The molecule has 2 aromatic carbocycles. The van der Waals surface area contributed by atoms with Crippen LogP contribution in [0.3, 0.4) is 0 Å². The van der Waals surface area contributed by atoms with E-state index in [9.17, 15) is 18.0 Å². The smallest absolute Gasteiger partial charge is 0.370 e. The van der Waals surface area contributed by atoms with Crippen LogP contribution in [0.1, 0.15) is 41.6 Å². The van der Waals surface area contributed by atoms with Crippen LogP contribution < -0.4 is 5.32 Å². The van der Waals surface area contributed by atoms with E-state index >= 15 is 0 Å². The van der Waals surface area contributed by atoms with Crippen LogP contribution in [0.2, 0.25) is 0 Å². The van der Waals surface area contributed by atoms with Crippen molar-refractivity contribution in [3.05, 3.63) is 95.8 Å². The minimum atomic E-state index is -4.43. The summed E-state index contributed by atoms with van der Waals surface area (Å²) in [6.45, 7) is 0.589. The fourth-order valence-corrected chi connectivity index (χ4v) is 3.97. The topological polar surface area (TPSA) is 45.2 Å². The van der Waals surface area contributed by atoms with Gasteiger partial charge in [0.2, 0.25) is 5.91 Å². The van der Waals surface area contributed by atoms with Crippen molar-refractivity contribution in [2.75, 3.05) is 11.9 Å². The number of likely N-dealkylation sites (tertiary alicyclic amines) is 1. The van der Waals surface area contributed by atoms with Gasteiger partial charge in [-0.2, -0.15) is 13.2 Å². The lowest BCUT2D eigenvalue weighted by Crippen LogP contribution is -2.37.